The first-order chi connectivity index (χ1) is 14.5. The van der Waals surface area contributed by atoms with Gasteiger partial charge in [-0.1, -0.05) is 30.3 Å². The van der Waals surface area contributed by atoms with Gasteiger partial charge >= 0.3 is 0 Å². The molecule has 1 atom stereocenters. The fourth-order valence-corrected chi connectivity index (χ4v) is 6.74. The van der Waals surface area contributed by atoms with E-state index in [-0.39, 0.29) is 21.8 Å². The van der Waals surface area contributed by atoms with Gasteiger partial charge in [0.1, 0.15) is 9.77 Å². The van der Waals surface area contributed by atoms with Crippen LogP contribution >= 0.6 is 11.3 Å². The van der Waals surface area contributed by atoms with E-state index in [1.54, 1.807) is 5.38 Å². The Labute approximate surface area is 181 Å². The highest BCUT2D eigenvalue weighted by Crippen LogP contribution is 2.27. The molecule has 0 radical (unpaired) electrons. The number of sulfonamides is 1. The maximum Gasteiger partial charge on any atom is 0.262 e. The van der Waals surface area contributed by atoms with E-state index in [0.717, 1.165) is 43.8 Å². The monoisotopic (exact) mass is 449 g/mol. The lowest BCUT2D eigenvalue weighted by Gasteiger charge is -2.33. The fraction of sp³-hybridized carbons (Fsp3) is 0.476. The number of carbonyl (C=O) groups excluding carboxylic acids is 1. The van der Waals surface area contributed by atoms with Crippen molar-refractivity contribution >= 4 is 27.3 Å². The van der Waals surface area contributed by atoms with Crippen LogP contribution in [-0.2, 0) is 21.3 Å². The van der Waals surface area contributed by atoms with Crippen molar-refractivity contribution in [1.82, 2.24) is 14.5 Å². The Morgan fingerprint density at radius 3 is 2.67 bits per heavy atom. The van der Waals surface area contributed by atoms with Crippen LogP contribution in [0.25, 0.3) is 0 Å². The molecule has 9 heteroatoms. The molecule has 2 aromatic rings. The Morgan fingerprint density at radius 1 is 1.13 bits per heavy atom. The molecular formula is C21H27N3O4S2. The summed E-state index contributed by atoms with van der Waals surface area (Å²) >= 11 is 1.16. The molecular weight excluding hydrogens is 422 g/mol. The van der Waals surface area contributed by atoms with Crippen LogP contribution in [0, 0.1) is 0 Å². The van der Waals surface area contributed by atoms with Crippen molar-refractivity contribution in [2.45, 2.75) is 30.4 Å². The van der Waals surface area contributed by atoms with E-state index < -0.39 is 10.0 Å². The molecule has 1 aromatic carbocycles. The van der Waals surface area contributed by atoms with Crippen LogP contribution in [0.2, 0.25) is 0 Å². The van der Waals surface area contributed by atoms with Crippen molar-refractivity contribution in [2.75, 3.05) is 39.3 Å². The lowest BCUT2D eigenvalue weighted by atomic mass is 10.2. The second-order valence-electron chi connectivity index (χ2n) is 7.65. The molecule has 0 saturated carbocycles. The number of benzene rings is 1. The first-order valence-electron chi connectivity index (χ1n) is 10.3. The first kappa shape index (κ1) is 21.5. The molecule has 2 aliphatic rings. The van der Waals surface area contributed by atoms with E-state index in [9.17, 15) is 13.2 Å². The zero-order chi connectivity index (χ0) is 21.0. The van der Waals surface area contributed by atoms with Crippen LogP contribution < -0.4 is 5.32 Å². The summed E-state index contributed by atoms with van der Waals surface area (Å²) in [5.41, 5.74) is 1.25. The largest absolute Gasteiger partial charge is 0.374 e. The minimum atomic E-state index is -3.61. The minimum Gasteiger partial charge on any atom is -0.374 e. The summed E-state index contributed by atoms with van der Waals surface area (Å²) in [6, 6.07) is 11.8. The predicted molar refractivity (Wildman–Crippen MR) is 116 cm³/mol. The zero-order valence-electron chi connectivity index (χ0n) is 16.8. The molecule has 30 heavy (non-hydrogen) atoms. The van der Waals surface area contributed by atoms with Crippen molar-refractivity contribution < 1.29 is 17.9 Å². The molecule has 2 saturated heterocycles. The molecule has 162 valence electrons. The summed E-state index contributed by atoms with van der Waals surface area (Å²) in [4.78, 5) is 15.4. The van der Waals surface area contributed by atoms with Gasteiger partial charge in [-0.25, -0.2) is 8.42 Å². The molecule has 3 heterocycles. The van der Waals surface area contributed by atoms with Crippen molar-refractivity contribution in [2.24, 2.45) is 0 Å². The lowest BCUT2D eigenvalue weighted by molar-refractivity contribution is -0.0292. The smallest absolute Gasteiger partial charge is 0.262 e. The molecule has 1 aromatic heterocycles. The fourth-order valence-electron chi connectivity index (χ4n) is 3.91. The number of thiophene rings is 1. The Bertz CT molecular complexity index is 956. The van der Waals surface area contributed by atoms with Crippen LogP contribution in [0.1, 0.15) is 28.1 Å². The van der Waals surface area contributed by atoms with Gasteiger partial charge in [0, 0.05) is 39.3 Å². The van der Waals surface area contributed by atoms with Gasteiger partial charge in [-0.3, -0.25) is 9.69 Å². The van der Waals surface area contributed by atoms with Crippen molar-refractivity contribution in [3.05, 3.63) is 52.2 Å². The van der Waals surface area contributed by atoms with E-state index in [4.69, 9.17) is 4.74 Å². The molecule has 4 rings (SSSR count). The number of hydrogen-bond acceptors (Lipinski definition) is 6. The van der Waals surface area contributed by atoms with Crippen LogP contribution in [0.3, 0.4) is 0 Å². The highest BCUT2D eigenvalue weighted by atomic mass is 32.2. The standard InChI is InChI=1S/C21H27N3O4S2/c25-21(20-19(8-13-29-20)30(26,27)24-9-4-5-10-24)22-14-18-16-23(11-12-28-18)15-17-6-2-1-3-7-17/h1-3,6-8,13,18H,4-5,9-12,14-16H2,(H,22,25). The van der Waals surface area contributed by atoms with Crippen molar-refractivity contribution in [3.8, 4) is 0 Å². The average Bonchev–Trinajstić information content (AvgIpc) is 3.46. The summed E-state index contributed by atoms with van der Waals surface area (Å²) in [5.74, 6) is -0.355. The van der Waals surface area contributed by atoms with E-state index >= 15 is 0 Å². The Morgan fingerprint density at radius 2 is 1.90 bits per heavy atom. The SMILES string of the molecule is O=C(NCC1CN(Cc2ccccc2)CCO1)c1sccc1S(=O)(=O)N1CCCC1. The van der Waals surface area contributed by atoms with Gasteiger partial charge in [0.05, 0.1) is 12.7 Å². The molecule has 1 amide bonds. The number of hydrogen-bond donors (Lipinski definition) is 1. The molecule has 0 aliphatic carbocycles. The third-order valence-electron chi connectivity index (χ3n) is 5.48. The maximum absolute atomic E-state index is 12.9. The number of nitrogens with zero attached hydrogens (tertiary/aromatic N) is 2. The predicted octanol–water partition coefficient (Wildman–Crippen LogP) is 2.16. The van der Waals surface area contributed by atoms with E-state index in [1.807, 2.05) is 18.2 Å². The van der Waals surface area contributed by atoms with Crippen molar-refractivity contribution in [3.63, 3.8) is 0 Å². The van der Waals surface area contributed by atoms with Gasteiger partial charge in [-0.2, -0.15) is 4.31 Å². The number of morpholine rings is 1. The summed E-state index contributed by atoms with van der Waals surface area (Å²) in [6.07, 6.45) is 1.61. The van der Waals surface area contributed by atoms with Crippen molar-refractivity contribution in [1.29, 1.82) is 0 Å². The van der Waals surface area contributed by atoms with E-state index in [2.05, 4.69) is 22.3 Å². The van der Waals surface area contributed by atoms with E-state index in [1.165, 1.54) is 15.9 Å². The molecule has 7 nitrogen and oxygen atoms in total. The number of nitrogens with one attached hydrogen (secondary N) is 1. The maximum atomic E-state index is 12.9. The van der Waals surface area contributed by atoms with Gasteiger partial charge in [0.25, 0.3) is 5.91 Å². The zero-order valence-corrected chi connectivity index (χ0v) is 18.5. The highest BCUT2D eigenvalue weighted by molar-refractivity contribution is 7.89. The summed E-state index contributed by atoms with van der Waals surface area (Å²) in [5, 5.41) is 4.54. The van der Waals surface area contributed by atoms with Gasteiger partial charge in [0.2, 0.25) is 10.0 Å². The topological polar surface area (TPSA) is 79.0 Å². The Kier molecular flexibility index (Phi) is 6.84. The number of amides is 1. The second kappa shape index (κ2) is 9.57. The van der Waals surface area contributed by atoms with Gasteiger partial charge in [0.15, 0.2) is 0 Å². The molecule has 2 fully saturated rings. The summed E-state index contributed by atoms with van der Waals surface area (Å²) in [6.45, 7) is 4.42. The lowest BCUT2D eigenvalue weighted by Crippen LogP contribution is -2.47. The minimum absolute atomic E-state index is 0.113. The van der Waals surface area contributed by atoms with Gasteiger partial charge < -0.3 is 10.1 Å². The van der Waals surface area contributed by atoms with Crippen LogP contribution in [0.15, 0.2) is 46.7 Å². The summed E-state index contributed by atoms with van der Waals surface area (Å²) < 4.78 is 33.0. The Balaban J connectivity index is 1.34. The third-order valence-corrected chi connectivity index (χ3v) is 8.46. The molecule has 1 unspecified atom stereocenters. The average molecular weight is 450 g/mol. The van der Waals surface area contributed by atoms with Crippen LogP contribution in [0.4, 0.5) is 0 Å². The second-order valence-corrected chi connectivity index (χ2v) is 10.5. The summed E-state index contributed by atoms with van der Waals surface area (Å²) in [7, 11) is -3.61. The molecule has 1 N–H and O–H groups in total. The van der Waals surface area contributed by atoms with Crippen LogP contribution in [0.5, 0.6) is 0 Å². The van der Waals surface area contributed by atoms with E-state index in [0.29, 0.717) is 26.2 Å². The van der Waals surface area contributed by atoms with Gasteiger partial charge in [-0.15, -0.1) is 11.3 Å². The van der Waals surface area contributed by atoms with Gasteiger partial charge in [-0.05, 0) is 29.9 Å². The molecule has 0 bridgehead atoms. The third kappa shape index (κ3) is 4.92. The number of rotatable bonds is 7. The normalized spacial score (nSPS) is 21.0. The highest BCUT2D eigenvalue weighted by Gasteiger charge is 2.32. The Hall–Kier alpha value is -1.78. The molecule has 2 aliphatic heterocycles. The number of carbonyl (C=O) groups is 1. The number of ether oxygens (including phenoxy) is 1. The quantitative estimate of drug-likeness (QED) is 0.701. The molecule has 0 spiro atoms. The first-order valence-corrected chi connectivity index (χ1v) is 12.6. The van der Waals surface area contributed by atoms with Crippen LogP contribution in [-0.4, -0.2) is 69.0 Å².